The Morgan fingerprint density at radius 1 is 0.500 bits per heavy atom. The van der Waals surface area contributed by atoms with Crippen LogP contribution >= 0.6 is 0 Å². The Kier molecular flexibility index (Phi) is 24.5. The number of aliphatic hydroxyl groups is 1. The van der Waals surface area contributed by atoms with E-state index in [1.807, 2.05) is 0 Å². The van der Waals surface area contributed by atoms with Gasteiger partial charge in [-0.25, -0.2) is 0 Å². The van der Waals surface area contributed by atoms with E-state index in [1.54, 1.807) is 0 Å². The first-order valence-electron chi connectivity index (χ1n) is 13.1. The monoisotopic (exact) mass is 394 g/mol. The average molecular weight is 395 g/mol. The van der Waals surface area contributed by atoms with Crippen LogP contribution in [0.3, 0.4) is 0 Å². The van der Waals surface area contributed by atoms with E-state index < -0.39 is 0 Å². The first-order chi connectivity index (χ1) is 13.8. The molecule has 0 aliphatic carbocycles. The van der Waals surface area contributed by atoms with Crippen LogP contribution in [0.15, 0.2) is 12.2 Å². The van der Waals surface area contributed by atoms with E-state index in [0.29, 0.717) is 0 Å². The van der Waals surface area contributed by atoms with Crippen molar-refractivity contribution in [3.8, 4) is 0 Å². The first-order valence-corrected chi connectivity index (χ1v) is 13.1. The molecule has 0 saturated heterocycles. The smallest absolute Gasteiger partial charge is 0.0574 e. The van der Waals surface area contributed by atoms with Crippen molar-refractivity contribution < 1.29 is 5.11 Å². The van der Waals surface area contributed by atoms with E-state index >= 15 is 0 Å². The van der Waals surface area contributed by atoms with Gasteiger partial charge in [-0.05, 0) is 25.7 Å². The van der Waals surface area contributed by atoms with Crippen LogP contribution in [-0.2, 0) is 0 Å². The molecule has 0 aromatic carbocycles. The average Bonchev–Trinajstić information content (AvgIpc) is 2.70. The van der Waals surface area contributed by atoms with Gasteiger partial charge in [-0.15, -0.1) is 0 Å². The maximum absolute atomic E-state index is 9.78. The number of aliphatic hydroxyl groups excluding tert-OH is 1. The Balaban J connectivity index is 3.10. The van der Waals surface area contributed by atoms with Crippen molar-refractivity contribution >= 4 is 0 Å². The Morgan fingerprint density at radius 2 is 0.893 bits per heavy atom. The van der Waals surface area contributed by atoms with Gasteiger partial charge in [-0.3, -0.25) is 0 Å². The summed E-state index contributed by atoms with van der Waals surface area (Å²) in [7, 11) is 0. The van der Waals surface area contributed by atoms with Crippen molar-refractivity contribution in [3.05, 3.63) is 12.2 Å². The van der Waals surface area contributed by atoms with Gasteiger partial charge in [0.05, 0.1) is 6.10 Å². The van der Waals surface area contributed by atoms with Gasteiger partial charge < -0.3 is 5.11 Å². The van der Waals surface area contributed by atoms with Gasteiger partial charge >= 0.3 is 0 Å². The normalized spacial score (nSPS) is 12.8. The van der Waals surface area contributed by atoms with E-state index in [4.69, 9.17) is 0 Å². The molecule has 0 rings (SSSR count). The van der Waals surface area contributed by atoms with Crippen LogP contribution < -0.4 is 0 Å². The summed E-state index contributed by atoms with van der Waals surface area (Å²) in [6, 6.07) is 0. The summed E-state index contributed by atoms with van der Waals surface area (Å²) in [6.07, 6.45) is 34.1. The summed E-state index contributed by atoms with van der Waals surface area (Å²) in [4.78, 5) is 0. The Labute approximate surface area is 178 Å². The van der Waals surface area contributed by atoms with E-state index in [2.05, 4.69) is 26.0 Å². The van der Waals surface area contributed by atoms with Crippen LogP contribution in [-0.4, -0.2) is 11.2 Å². The fourth-order valence-electron chi connectivity index (χ4n) is 3.92. The Morgan fingerprint density at radius 3 is 1.32 bits per heavy atom. The van der Waals surface area contributed by atoms with Crippen LogP contribution in [0.4, 0.5) is 0 Å². The van der Waals surface area contributed by atoms with Gasteiger partial charge in [0, 0.05) is 0 Å². The molecule has 168 valence electrons. The predicted octanol–water partition coefficient (Wildman–Crippen LogP) is 9.53. The molecule has 1 nitrogen and oxygen atoms in total. The fraction of sp³-hybridized carbons (Fsp3) is 0.926. The van der Waals surface area contributed by atoms with Crippen molar-refractivity contribution in [2.75, 3.05) is 0 Å². The minimum absolute atomic E-state index is 0.119. The fourth-order valence-corrected chi connectivity index (χ4v) is 3.92. The first kappa shape index (κ1) is 27.7. The van der Waals surface area contributed by atoms with E-state index in [1.165, 1.54) is 122 Å². The molecule has 0 aromatic rings. The predicted molar refractivity (Wildman–Crippen MR) is 128 cm³/mol. The molecule has 0 heterocycles. The molecule has 0 radical (unpaired) electrons. The third-order valence-electron chi connectivity index (χ3n) is 5.94. The summed E-state index contributed by atoms with van der Waals surface area (Å²) < 4.78 is 0. The highest BCUT2D eigenvalue weighted by atomic mass is 16.3. The van der Waals surface area contributed by atoms with E-state index in [9.17, 15) is 5.11 Å². The largest absolute Gasteiger partial charge is 0.393 e. The summed E-state index contributed by atoms with van der Waals surface area (Å²) in [6.45, 7) is 4.48. The van der Waals surface area contributed by atoms with Crippen LogP contribution in [0.25, 0.3) is 0 Å². The third kappa shape index (κ3) is 23.7. The highest BCUT2D eigenvalue weighted by Crippen LogP contribution is 2.14. The van der Waals surface area contributed by atoms with Crippen molar-refractivity contribution in [2.45, 2.75) is 161 Å². The summed E-state index contributed by atoms with van der Waals surface area (Å²) in [5, 5.41) is 9.78. The lowest BCUT2D eigenvalue weighted by atomic mass is 10.0. The molecule has 0 aromatic heterocycles. The lowest BCUT2D eigenvalue weighted by molar-refractivity contribution is 0.164. The molecule has 1 heteroatoms. The van der Waals surface area contributed by atoms with Gasteiger partial charge in [0.25, 0.3) is 0 Å². The molecule has 0 spiro atoms. The van der Waals surface area contributed by atoms with Gasteiger partial charge in [-0.1, -0.05) is 142 Å². The SMILES string of the molecule is CCCCCCCCCCCCCCCCCCCC=CCC(O)CCCC. The molecule has 1 unspecified atom stereocenters. The molecule has 0 aliphatic rings. The second-order valence-electron chi connectivity index (χ2n) is 8.95. The standard InChI is InChI=1S/C27H54O/c1-3-5-7-8-9-10-11-12-13-14-15-16-17-18-19-20-21-22-23-24-26-27(28)25-6-4-2/h23-24,27-28H,3-22,25-26H2,1-2H3. The van der Waals surface area contributed by atoms with Crippen molar-refractivity contribution in [1.82, 2.24) is 0 Å². The second-order valence-corrected chi connectivity index (χ2v) is 8.95. The van der Waals surface area contributed by atoms with Gasteiger partial charge in [0.15, 0.2) is 0 Å². The maximum atomic E-state index is 9.78. The highest BCUT2D eigenvalue weighted by Gasteiger charge is 1.99. The number of unbranched alkanes of at least 4 members (excludes halogenated alkanes) is 18. The molecule has 0 aliphatic heterocycles. The van der Waals surface area contributed by atoms with Gasteiger partial charge in [0.1, 0.15) is 0 Å². The topological polar surface area (TPSA) is 20.2 Å². The molecule has 1 atom stereocenters. The lowest BCUT2D eigenvalue weighted by Crippen LogP contribution is -2.03. The summed E-state index contributed by atoms with van der Waals surface area (Å²) >= 11 is 0. The second kappa shape index (κ2) is 24.7. The van der Waals surface area contributed by atoms with Gasteiger partial charge in [0.2, 0.25) is 0 Å². The molecule has 1 N–H and O–H groups in total. The highest BCUT2D eigenvalue weighted by molar-refractivity contribution is 4.83. The Bertz CT molecular complexity index is 297. The molecule has 0 bridgehead atoms. The number of hydrogen-bond acceptors (Lipinski definition) is 1. The lowest BCUT2D eigenvalue weighted by Gasteiger charge is -2.05. The molecule has 28 heavy (non-hydrogen) atoms. The molecule has 0 fully saturated rings. The van der Waals surface area contributed by atoms with E-state index in [0.717, 1.165) is 19.3 Å². The summed E-state index contributed by atoms with van der Waals surface area (Å²) in [5.41, 5.74) is 0. The third-order valence-corrected chi connectivity index (χ3v) is 5.94. The Hall–Kier alpha value is -0.300. The van der Waals surface area contributed by atoms with Crippen LogP contribution in [0.1, 0.15) is 155 Å². The number of allylic oxidation sites excluding steroid dienone is 1. The van der Waals surface area contributed by atoms with Crippen molar-refractivity contribution in [3.63, 3.8) is 0 Å². The number of rotatable bonds is 23. The quantitative estimate of drug-likeness (QED) is 0.135. The molecule has 0 amide bonds. The zero-order valence-electron chi connectivity index (χ0n) is 19.7. The summed E-state index contributed by atoms with van der Waals surface area (Å²) in [5.74, 6) is 0. The molecule has 0 saturated carbocycles. The van der Waals surface area contributed by atoms with Gasteiger partial charge in [-0.2, -0.15) is 0 Å². The van der Waals surface area contributed by atoms with Crippen LogP contribution in [0.2, 0.25) is 0 Å². The minimum Gasteiger partial charge on any atom is -0.393 e. The van der Waals surface area contributed by atoms with Crippen LogP contribution in [0.5, 0.6) is 0 Å². The minimum atomic E-state index is -0.119. The zero-order chi connectivity index (χ0) is 20.5. The van der Waals surface area contributed by atoms with Crippen molar-refractivity contribution in [1.29, 1.82) is 0 Å². The van der Waals surface area contributed by atoms with E-state index in [-0.39, 0.29) is 6.10 Å². The van der Waals surface area contributed by atoms with Crippen molar-refractivity contribution in [2.24, 2.45) is 0 Å². The van der Waals surface area contributed by atoms with Crippen LogP contribution in [0, 0.1) is 0 Å². The molecular weight excluding hydrogens is 340 g/mol. The maximum Gasteiger partial charge on any atom is 0.0574 e. The zero-order valence-corrected chi connectivity index (χ0v) is 19.7. The number of hydrogen-bond donors (Lipinski definition) is 1. The molecular formula is C27H54O.